The maximum absolute atomic E-state index is 12.2. The summed E-state index contributed by atoms with van der Waals surface area (Å²) < 4.78 is 6.77. The third-order valence-corrected chi connectivity index (χ3v) is 4.40. The minimum absolute atomic E-state index is 0.0675. The van der Waals surface area contributed by atoms with Crippen molar-refractivity contribution in [1.82, 2.24) is 4.57 Å². The second-order valence-corrected chi connectivity index (χ2v) is 6.20. The number of benzene rings is 2. The molecular weight excluding hydrogens is 330 g/mol. The van der Waals surface area contributed by atoms with Gasteiger partial charge in [-0.05, 0) is 43.7 Å². The molecule has 1 aromatic heterocycles. The molecule has 136 valence electrons. The third-order valence-electron chi connectivity index (χ3n) is 4.40. The fraction of sp³-hybridized carbons (Fsp3) is 0.300. The lowest BCUT2D eigenvalue weighted by Gasteiger charge is -2.17. The molecule has 6 nitrogen and oxygen atoms in total. The SMILES string of the molecule is CCN(C)c1cccc(NC(=O)CCCn2c(=O)oc3ccccc32)c1. The van der Waals surface area contributed by atoms with E-state index in [2.05, 4.69) is 17.1 Å². The van der Waals surface area contributed by atoms with Gasteiger partial charge in [0, 0.05) is 37.9 Å². The summed E-state index contributed by atoms with van der Waals surface area (Å²) in [5.74, 6) is -0.455. The molecule has 0 unspecified atom stereocenters. The summed E-state index contributed by atoms with van der Waals surface area (Å²) in [6.45, 7) is 3.42. The number of amides is 1. The van der Waals surface area contributed by atoms with Crippen molar-refractivity contribution in [2.24, 2.45) is 0 Å². The van der Waals surface area contributed by atoms with E-state index in [0.717, 1.165) is 23.4 Å². The van der Waals surface area contributed by atoms with Crippen LogP contribution in [-0.4, -0.2) is 24.1 Å². The Labute approximate surface area is 152 Å². The van der Waals surface area contributed by atoms with Crippen molar-refractivity contribution in [2.75, 3.05) is 23.8 Å². The van der Waals surface area contributed by atoms with Gasteiger partial charge in [-0.3, -0.25) is 9.36 Å². The van der Waals surface area contributed by atoms with Gasteiger partial charge in [0.05, 0.1) is 5.52 Å². The fourth-order valence-electron chi connectivity index (χ4n) is 2.85. The summed E-state index contributed by atoms with van der Waals surface area (Å²) in [4.78, 5) is 26.2. The topological polar surface area (TPSA) is 67.5 Å². The van der Waals surface area contributed by atoms with Crippen molar-refractivity contribution in [3.05, 3.63) is 59.1 Å². The Kier molecular flexibility index (Phi) is 5.41. The van der Waals surface area contributed by atoms with Crippen LogP contribution in [0.2, 0.25) is 0 Å². The minimum Gasteiger partial charge on any atom is -0.408 e. The number of carbonyl (C=O) groups excluding carboxylic acids is 1. The van der Waals surface area contributed by atoms with Crippen molar-refractivity contribution in [3.8, 4) is 0 Å². The van der Waals surface area contributed by atoms with E-state index in [4.69, 9.17) is 4.42 Å². The smallest absolute Gasteiger partial charge is 0.408 e. The summed E-state index contributed by atoms with van der Waals surface area (Å²) in [6.07, 6.45) is 0.892. The van der Waals surface area contributed by atoms with Crippen LogP contribution in [0.15, 0.2) is 57.7 Å². The Morgan fingerprint density at radius 1 is 1.19 bits per heavy atom. The summed E-state index contributed by atoms with van der Waals surface area (Å²) in [7, 11) is 2.01. The Morgan fingerprint density at radius 3 is 2.81 bits per heavy atom. The molecule has 0 radical (unpaired) electrons. The lowest BCUT2D eigenvalue weighted by atomic mass is 10.2. The van der Waals surface area contributed by atoms with Gasteiger partial charge in [0.15, 0.2) is 5.58 Å². The molecule has 0 spiro atoms. The van der Waals surface area contributed by atoms with Gasteiger partial charge in [0.1, 0.15) is 0 Å². The number of para-hydroxylation sites is 2. The van der Waals surface area contributed by atoms with E-state index in [1.807, 2.05) is 49.5 Å². The van der Waals surface area contributed by atoms with Crippen molar-refractivity contribution < 1.29 is 9.21 Å². The average molecular weight is 353 g/mol. The van der Waals surface area contributed by atoms with Crippen LogP contribution in [0.1, 0.15) is 19.8 Å². The molecule has 0 aliphatic heterocycles. The van der Waals surface area contributed by atoms with Gasteiger partial charge in [-0.15, -0.1) is 0 Å². The number of hydrogen-bond acceptors (Lipinski definition) is 4. The van der Waals surface area contributed by atoms with Crippen LogP contribution in [0.5, 0.6) is 0 Å². The van der Waals surface area contributed by atoms with Crippen LogP contribution in [-0.2, 0) is 11.3 Å². The number of aryl methyl sites for hydroxylation is 1. The van der Waals surface area contributed by atoms with Gasteiger partial charge in [0.2, 0.25) is 5.91 Å². The maximum atomic E-state index is 12.2. The lowest BCUT2D eigenvalue weighted by Crippen LogP contribution is -2.18. The van der Waals surface area contributed by atoms with Gasteiger partial charge >= 0.3 is 5.76 Å². The zero-order chi connectivity index (χ0) is 18.5. The van der Waals surface area contributed by atoms with Gasteiger partial charge in [-0.2, -0.15) is 0 Å². The predicted molar refractivity (Wildman–Crippen MR) is 104 cm³/mol. The van der Waals surface area contributed by atoms with Crippen LogP contribution >= 0.6 is 0 Å². The van der Waals surface area contributed by atoms with E-state index < -0.39 is 0 Å². The number of nitrogens with zero attached hydrogens (tertiary/aromatic N) is 2. The van der Waals surface area contributed by atoms with E-state index in [1.54, 1.807) is 10.6 Å². The molecule has 6 heteroatoms. The Bertz CT molecular complexity index is 958. The number of oxazole rings is 1. The molecule has 0 saturated heterocycles. The Hall–Kier alpha value is -3.02. The molecule has 0 atom stereocenters. The molecule has 3 aromatic rings. The molecule has 2 aromatic carbocycles. The molecule has 1 N–H and O–H groups in total. The van der Waals surface area contributed by atoms with Crippen LogP contribution in [0.25, 0.3) is 11.1 Å². The van der Waals surface area contributed by atoms with Crippen molar-refractivity contribution in [3.63, 3.8) is 0 Å². The van der Waals surface area contributed by atoms with E-state index >= 15 is 0 Å². The van der Waals surface area contributed by atoms with Gasteiger partial charge in [-0.1, -0.05) is 18.2 Å². The third kappa shape index (κ3) is 3.96. The quantitative estimate of drug-likeness (QED) is 0.706. The zero-order valence-corrected chi connectivity index (χ0v) is 15.1. The number of anilines is 2. The molecule has 0 bridgehead atoms. The molecule has 0 saturated carbocycles. The predicted octanol–water partition coefficient (Wildman–Crippen LogP) is 3.47. The minimum atomic E-state index is -0.387. The number of hydrogen-bond donors (Lipinski definition) is 1. The average Bonchev–Trinajstić information content (AvgIpc) is 2.97. The molecule has 1 heterocycles. The highest BCUT2D eigenvalue weighted by molar-refractivity contribution is 5.91. The van der Waals surface area contributed by atoms with Gasteiger partial charge < -0.3 is 14.6 Å². The molecule has 0 fully saturated rings. The second-order valence-electron chi connectivity index (χ2n) is 6.20. The first kappa shape index (κ1) is 17.8. The number of nitrogens with one attached hydrogen (secondary N) is 1. The van der Waals surface area contributed by atoms with Gasteiger partial charge in [0.25, 0.3) is 0 Å². The molecular formula is C20H23N3O3. The first-order chi connectivity index (χ1) is 12.6. The van der Waals surface area contributed by atoms with Gasteiger partial charge in [-0.25, -0.2) is 4.79 Å². The largest absolute Gasteiger partial charge is 0.419 e. The van der Waals surface area contributed by atoms with Crippen molar-refractivity contribution in [2.45, 2.75) is 26.3 Å². The monoisotopic (exact) mass is 353 g/mol. The number of aromatic nitrogens is 1. The highest BCUT2D eigenvalue weighted by Gasteiger charge is 2.09. The summed E-state index contributed by atoms with van der Waals surface area (Å²) in [5.41, 5.74) is 3.16. The van der Waals surface area contributed by atoms with E-state index in [9.17, 15) is 9.59 Å². The van der Waals surface area contributed by atoms with Crippen LogP contribution in [0.3, 0.4) is 0 Å². The Balaban J connectivity index is 1.58. The standard InChI is InChI=1S/C20H23N3O3/c1-3-22(2)16-9-6-8-15(14-16)21-19(24)12-7-13-23-17-10-4-5-11-18(17)26-20(23)25/h4-6,8-11,14H,3,7,12-13H2,1-2H3,(H,21,24). The molecule has 0 aliphatic rings. The maximum Gasteiger partial charge on any atom is 0.419 e. The molecule has 1 amide bonds. The van der Waals surface area contributed by atoms with Crippen LogP contribution in [0.4, 0.5) is 11.4 Å². The van der Waals surface area contributed by atoms with Crippen molar-refractivity contribution >= 4 is 28.4 Å². The first-order valence-electron chi connectivity index (χ1n) is 8.78. The second kappa shape index (κ2) is 7.91. The van der Waals surface area contributed by atoms with Crippen molar-refractivity contribution in [1.29, 1.82) is 0 Å². The first-order valence-corrected chi connectivity index (χ1v) is 8.78. The van der Waals surface area contributed by atoms with Crippen LogP contribution in [0, 0.1) is 0 Å². The summed E-state index contributed by atoms with van der Waals surface area (Å²) in [5, 5.41) is 2.92. The molecule has 3 rings (SSSR count). The Morgan fingerprint density at radius 2 is 2.00 bits per heavy atom. The molecule has 26 heavy (non-hydrogen) atoms. The summed E-state index contributed by atoms with van der Waals surface area (Å²) >= 11 is 0. The lowest BCUT2D eigenvalue weighted by molar-refractivity contribution is -0.116. The molecule has 0 aliphatic carbocycles. The zero-order valence-electron chi connectivity index (χ0n) is 15.1. The van der Waals surface area contributed by atoms with E-state index in [1.165, 1.54) is 0 Å². The highest BCUT2D eigenvalue weighted by atomic mass is 16.4. The number of carbonyl (C=O) groups is 1. The summed E-state index contributed by atoms with van der Waals surface area (Å²) in [6, 6.07) is 15.1. The highest BCUT2D eigenvalue weighted by Crippen LogP contribution is 2.18. The van der Waals surface area contributed by atoms with E-state index in [-0.39, 0.29) is 11.7 Å². The normalized spacial score (nSPS) is 10.8. The number of fused-ring (bicyclic) bond motifs is 1. The van der Waals surface area contributed by atoms with E-state index in [0.29, 0.717) is 25.0 Å². The van der Waals surface area contributed by atoms with Crippen LogP contribution < -0.4 is 16.0 Å². The fourth-order valence-corrected chi connectivity index (χ4v) is 2.85. The number of rotatable bonds is 7.